The summed E-state index contributed by atoms with van der Waals surface area (Å²) >= 11 is 0. The number of hydrogen-bond donors (Lipinski definition) is 2. The van der Waals surface area contributed by atoms with Crippen molar-refractivity contribution in [1.29, 1.82) is 0 Å². The number of nitrogens with one attached hydrogen (secondary N) is 1. The summed E-state index contributed by atoms with van der Waals surface area (Å²) < 4.78 is 10.5. The molecule has 1 aromatic rings. The van der Waals surface area contributed by atoms with Crippen LogP contribution in [0.3, 0.4) is 0 Å². The normalized spacial score (nSPS) is 13.7. The number of aromatic carboxylic acids is 1. The van der Waals surface area contributed by atoms with E-state index in [4.69, 9.17) is 14.6 Å². The zero-order valence-corrected chi connectivity index (χ0v) is 12.6. The highest BCUT2D eigenvalue weighted by Crippen LogP contribution is 2.28. The number of carboxylic acids is 1. The maximum Gasteiger partial charge on any atom is 0.335 e. The van der Waals surface area contributed by atoms with Gasteiger partial charge in [0.2, 0.25) is 5.91 Å². The van der Waals surface area contributed by atoms with Crippen molar-refractivity contribution in [3.63, 3.8) is 0 Å². The van der Waals surface area contributed by atoms with E-state index >= 15 is 0 Å². The molecule has 2 rings (SSSR count). The smallest absolute Gasteiger partial charge is 0.335 e. The molecular weight excluding hydrogens is 286 g/mol. The fraction of sp³-hybridized carbons (Fsp3) is 0.500. The Morgan fingerprint density at radius 2 is 2.14 bits per heavy atom. The fourth-order valence-electron chi connectivity index (χ4n) is 2.07. The second-order valence-corrected chi connectivity index (χ2v) is 5.39. The molecule has 0 atom stereocenters. The van der Waals surface area contributed by atoms with Gasteiger partial charge in [-0.2, -0.15) is 0 Å². The standard InChI is InChI=1S/C16H21NO5/c1-21-14-8-13(16(19)20)5-4-12(14)6-7-17-15(18)10-22-9-11-2-3-11/h4-5,8,11H,2-3,6-7,9-10H2,1H3,(H,17,18)(H,19,20). The van der Waals surface area contributed by atoms with Gasteiger partial charge in [-0.3, -0.25) is 4.79 Å². The first-order valence-electron chi connectivity index (χ1n) is 7.35. The molecule has 0 spiro atoms. The van der Waals surface area contributed by atoms with Crippen molar-refractivity contribution in [3.8, 4) is 5.75 Å². The van der Waals surface area contributed by atoms with Crippen molar-refractivity contribution >= 4 is 11.9 Å². The molecule has 1 saturated carbocycles. The lowest BCUT2D eigenvalue weighted by atomic mass is 10.1. The summed E-state index contributed by atoms with van der Waals surface area (Å²) in [5, 5.41) is 11.7. The molecule has 1 aliphatic rings. The number of carbonyl (C=O) groups excluding carboxylic acids is 1. The Labute approximate surface area is 129 Å². The first kappa shape index (κ1) is 16.3. The van der Waals surface area contributed by atoms with Gasteiger partial charge in [-0.1, -0.05) is 6.07 Å². The van der Waals surface area contributed by atoms with Crippen LogP contribution in [0.5, 0.6) is 5.75 Å². The van der Waals surface area contributed by atoms with Gasteiger partial charge in [0.1, 0.15) is 12.4 Å². The summed E-state index contributed by atoms with van der Waals surface area (Å²) in [5.74, 6) is 0.0247. The van der Waals surface area contributed by atoms with Crippen LogP contribution in [0.1, 0.15) is 28.8 Å². The van der Waals surface area contributed by atoms with Gasteiger partial charge in [0, 0.05) is 6.54 Å². The molecule has 120 valence electrons. The topological polar surface area (TPSA) is 84.9 Å². The summed E-state index contributed by atoms with van der Waals surface area (Å²) in [6.45, 7) is 1.21. The van der Waals surface area contributed by atoms with Gasteiger partial charge in [0.05, 0.1) is 19.3 Å². The van der Waals surface area contributed by atoms with Gasteiger partial charge in [-0.05, 0) is 42.9 Å². The molecule has 1 aromatic carbocycles. The minimum absolute atomic E-state index is 0.0889. The van der Waals surface area contributed by atoms with Crippen LogP contribution >= 0.6 is 0 Å². The van der Waals surface area contributed by atoms with E-state index in [2.05, 4.69) is 5.32 Å². The zero-order valence-electron chi connectivity index (χ0n) is 12.6. The Morgan fingerprint density at radius 3 is 2.77 bits per heavy atom. The molecule has 22 heavy (non-hydrogen) atoms. The summed E-state index contributed by atoms with van der Waals surface area (Å²) in [4.78, 5) is 22.5. The predicted octanol–water partition coefficient (Wildman–Crippen LogP) is 1.48. The molecule has 0 aliphatic heterocycles. The lowest BCUT2D eigenvalue weighted by Gasteiger charge is -2.10. The predicted molar refractivity (Wildman–Crippen MR) is 80.2 cm³/mol. The van der Waals surface area contributed by atoms with E-state index in [0.29, 0.717) is 31.2 Å². The van der Waals surface area contributed by atoms with Gasteiger partial charge in [-0.25, -0.2) is 4.79 Å². The third-order valence-electron chi connectivity index (χ3n) is 3.53. The molecule has 2 N–H and O–H groups in total. The summed E-state index contributed by atoms with van der Waals surface area (Å²) in [6, 6.07) is 4.72. The van der Waals surface area contributed by atoms with Crippen LogP contribution in [0.15, 0.2) is 18.2 Å². The molecular formula is C16H21NO5. The van der Waals surface area contributed by atoms with Gasteiger partial charge < -0.3 is 19.9 Å². The first-order chi connectivity index (χ1) is 10.6. The molecule has 0 unspecified atom stereocenters. The second-order valence-electron chi connectivity index (χ2n) is 5.39. The number of hydrogen-bond acceptors (Lipinski definition) is 4. The molecule has 0 saturated heterocycles. The monoisotopic (exact) mass is 307 g/mol. The first-order valence-corrected chi connectivity index (χ1v) is 7.35. The van der Waals surface area contributed by atoms with Crippen LogP contribution in [0.2, 0.25) is 0 Å². The molecule has 6 nitrogen and oxygen atoms in total. The third-order valence-corrected chi connectivity index (χ3v) is 3.53. The Bertz CT molecular complexity index is 539. The summed E-state index contributed by atoms with van der Waals surface area (Å²) in [6.07, 6.45) is 2.97. The van der Waals surface area contributed by atoms with Crippen molar-refractivity contribution in [2.75, 3.05) is 26.9 Å². The number of amides is 1. The van der Waals surface area contributed by atoms with Crippen molar-refractivity contribution in [2.24, 2.45) is 5.92 Å². The van der Waals surface area contributed by atoms with Crippen LogP contribution in [-0.2, 0) is 16.0 Å². The van der Waals surface area contributed by atoms with Gasteiger partial charge in [0.25, 0.3) is 0 Å². The molecule has 1 fully saturated rings. The summed E-state index contributed by atoms with van der Waals surface area (Å²) in [5.41, 5.74) is 1.03. The zero-order chi connectivity index (χ0) is 15.9. The van der Waals surface area contributed by atoms with Crippen molar-refractivity contribution in [3.05, 3.63) is 29.3 Å². The van der Waals surface area contributed by atoms with Gasteiger partial charge >= 0.3 is 5.97 Å². The van der Waals surface area contributed by atoms with E-state index in [1.807, 2.05) is 0 Å². The lowest BCUT2D eigenvalue weighted by Crippen LogP contribution is -2.29. The van der Waals surface area contributed by atoms with Crippen LogP contribution in [0.25, 0.3) is 0 Å². The van der Waals surface area contributed by atoms with Gasteiger partial charge in [-0.15, -0.1) is 0 Å². The number of carbonyl (C=O) groups is 2. The number of methoxy groups -OCH3 is 1. The average Bonchev–Trinajstić information content (AvgIpc) is 3.31. The van der Waals surface area contributed by atoms with E-state index in [-0.39, 0.29) is 18.1 Å². The van der Waals surface area contributed by atoms with E-state index < -0.39 is 5.97 Å². The van der Waals surface area contributed by atoms with Crippen LogP contribution in [0, 0.1) is 5.92 Å². The van der Waals surface area contributed by atoms with E-state index in [9.17, 15) is 9.59 Å². The molecule has 0 aromatic heterocycles. The SMILES string of the molecule is COc1cc(C(=O)O)ccc1CCNC(=O)COCC1CC1. The highest BCUT2D eigenvalue weighted by atomic mass is 16.5. The largest absolute Gasteiger partial charge is 0.496 e. The van der Waals surface area contributed by atoms with E-state index in [0.717, 1.165) is 5.56 Å². The maximum atomic E-state index is 11.6. The number of carboxylic acid groups (broad SMARTS) is 1. The number of rotatable bonds is 9. The molecule has 1 aliphatic carbocycles. The van der Waals surface area contributed by atoms with E-state index in [1.54, 1.807) is 6.07 Å². The minimum Gasteiger partial charge on any atom is -0.496 e. The molecule has 0 radical (unpaired) electrons. The molecule has 0 bridgehead atoms. The van der Waals surface area contributed by atoms with E-state index in [1.165, 1.54) is 32.1 Å². The quantitative estimate of drug-likeness (QED) is 0.722. The number of benzene rings is 1. The third kappa shape index (κ3) is 5.04. The Kier molecular flexibility index (Phi) is 5.77. The fourth-order valence-corrected chi connectivity index (χ4v) is 2.07. The van der Waals surface area contributed by atoms with Gasteiger partial charge in [0.15, 0.2) is 0 Å². The van der Waals surface area contributed by atoms with Crippen LogP contribution < -0.4 is 10.1 Å². The van der Waals surface area contributed by atoms with Crippen molar-refractivity contribution in [2.45, 2.75) is 19.3 Å². The van der Waals surface area contributed by atoms with Crippen molar-refractivity contribution < 1.29 is 24.2 Å². The highest BCUT2D eigenvalue weighted by molar-refractivity contribution is 5.88. The highest BCUT2D eigenvalue weighted by Gasteiger charge is 2.21. The van der Waals surface area contributed by atoms with Crippen molar-refractivity contribution in [1.82, 2.24) is 5.32 Å². The second kappa shape index (κ2) is 7.79. The average molecular weight is 307 g/mol. The summed E-state index contributed by atoms with van der Waals surface area (Å²) in [7, 11) is 1.49. The Morgan fingerprint density at radius 1 is 1.36 bits per heavy atom. The van der Waals surface area contributed by atoms with Crippen LogP contribution in [0.4, 0.5) is 0 Å². The number of ether oxygens (including phenoxy) is 2. The Balaban J connectivity index is 1.75. The maximum absolute atomic E-state index is 11.6. The molecule has 6 heteroatoms. The molecule has 1 amide bonds. The molecule has 0 heterocycles. The van der Waals surface area contributed by atoms with Crippen LogP contribution in [-0.4, -0.2) is 43.9 Å². The Hall–Kier alpha value is -2.08. The lowest BCUT2D eigenvalue weighted by molar-refractivity contribution is -0.125. The minimum atomic E-state index is -0.994.